The van der Waals surface area contributed by atoms with Crippen LogP contribution in [0.15, 0.2) is 47.4 Å². The van der Waals surface area contributed by atoms with Crippen LogP contribution in [0.2, 0.25) is 0 Å². The second-order valence-corrected chi connectivity index (χ2v) is 7.26. The Balaban J connectivity index is 2.41. The van der Waals surface area contributed by atoms with Crippen LogP contribution in [0.5, 0.6) is 5.75 Å². The fourth-order valence-corrected chi connectivity index (χ4v) is 4.02. The highest BCUT2D eigenvalue weighted by atomic mass is 32.2. The summed E-state index contributed by atoms with van der Waals surface area (Å²) in [5.74, 6) is -0.615. The summed E-state index contributed by atoms with van der Waals surface area (Å²) < 4.78 is 58.3. The van der Waals surface area contributed by atoms with Crippen LogP contribution >= 0.6 is 0 Å². The number of hydrogen-bond acceptors (Lipinski definition) is 3. The van der Waals surface area contributed by atoms with Gasteiger partial charge in [0.25, 0.3) is 0 Å². The summed E-state index contributed by atoms with van der Waals surface area (Å²) in [5.41, 5.74) is -2.06. The lowest BCUT2D eigenvalue weighted by atomic mass is 9.95. The van der Waals surface area contributed by atoms with E-state index in [1.807, 2.05) is 6.92 Å². The van der Waals surface area contributed by atoms with E-state index < -0.39 is 28.3 Å². The zero-order valence-corrected chi connectivity index (χ0v) is 14.9. The van der Waals surface area contributed by atoms with Gasteiger partial charge in [0.1, 0.15) is 5.75 Å². The number of halogens is 3. The zero-order chi connectivity index (χ0) is 18.8. The van der Waals surface area contributed by atoms with Crippen molar-refractivity contribution >= 4 is 10.8 Å². The second-order valence-electron chi connectivity index (χ2n) is 5.85. The van der Waals surface area contributed by atoms with Gasteiger partial charge in [-0.3, -0.25) is 4.21 Å². The molecule has 2 unspecified atom stereocenters. The van der Waals surface area contributed by atoms with Crippen molar-refractivity contribution in [1.82, 2.24) is 0 Å². The lowest BCUT2D eigenvalue weighted by Crippen LogP contribution is -2.46. The fourth-order valence-electron chi connectivity index (χ4n) is 2.52. The molecule has 2 atom stereocenters. The Kier molecular flexibility index (Phi) is 5.58. The molecule has 0 heterocycles. The van der Waals surface area contributed by atoms with E-state index in [4.69, 9.17) is 4.74 Å². The van der Waals surface area contributed by atoms with Crippen LogP contribution in [0.3, 0.4) is 0 Å². The standard InChI is InChI=1S/C18H19F3O3S/c1-12-4-9-16(13(2)10-12)25(23)11-17(22,18(19,20)21)14-5-7-15(24-3)8-6-14/h4-10,22H,11H2,1-3H3. The van der Waals surface area contributed by atoms with Gasteiger partial charge in [0.05, 0.1) is 23.7 Å². The minimum absolute atomic E-state index is 0.279. The van der Waals surface area contributed by atoms with E-state index >= 15 is 0 Å². The molecule has 0 radical (unpaired) electrons. The van der Waals surface area contributed by atoms with Crippen molar-refractivity contribution in [2.24, 2.45) is 0 Å². The highest BCUT2D eigenvalue weighted by molar-refractivity contribution is 7.85. The molecule has 0 aliphatic rings. The number of methoxy groups -OCH3 is 1. The van der Waals surface area contributed by atoms with Crippen LogP contribution in [0.1, 0.15) is 16.7 Å². The van der Waals surface area contributed by atoms with Gasteiger partial charge in [-0.25, -0.2) is 0 Å². The molecule has 0 bridgehead atoms. The maximum atomic E-state index is 13.6. The van der Waals surface area contributed by atoms with Crippen LogP contribution in [-0.2, 0) is 16.4 Å². The fraction of sp³-hybridized carbons (Fsp3) is 0.333. The summed E-state index contributed by atoms with van der Waals surface area (Å²) in [4.78, 5) is 0.279. The molecular weight excluding hydrogens is 353 g/mol. The van der Waals surface area contributed by atoms with E-state index in [9.17, 15) is 22.5 Å². The van der Waals surface area contributed by atoms with Gasteiger partial charge in [-0.05, 0) is 43.2 Å². The lowest BCUT2D eigenvalue weighted by Gasteiger charge is -2.30. The largest absolute Gasteiger partial charge is 0.497 e. The minimum atomic E-state index is -4.98. The molecule has 136 valence electrons. The maximum absolute atomic E-state index is 13.6. The van der Waals surface area contributed by atoms with Crippen molar-refractivity contribution in [3.63, 3.8) is 0 Å². The first-order valence-electron chi connectivity index (χ1n) is 7.48. The third-order valence-electron chi connectivity index (χ3n) is 3.95. The third-order valence-corrected chi connectivity index (χ3v) is 5.58. The van der Waals surface area contributed by atoms with Gasteiger partial charge < -0.3 is 9.84 Å². The average molecular weight is 372 g/mol. The van der Waals surface area contributed by atoms with Gasteiger partial charge in [0.15, 0.2) is 5.60 Å². The summed E-state index contributed by atoms with van der Waals surface area (Å²) in [6.45, 7) is 3.52. The van der Waals surface area contributed by atoms with Crippen LogP contribution in [0.4, 0.5) is 13.2 Å². The van der Waals surface area contributed by atoms with E-state index in [1.165, 1.54) is 25.3 Å². The Bertz CT molecular complexity index is 772. The molecule has 0 fully saturated rings. The predicted molar refractivity (Wildman–Crippen MR) is 90.1 cm³/mol. The average Bonchev–Trinajstić information content (AvgIpc) is 2.53. The lowest BCUT2D eigenvalue weighted by molar-refractivity contribution is -0.256. The highest BCUT2D eigenvalue weighted by Gasteiger charge is 2.56. The first kappa shape index (κ1) is 19.5. The normalized spacial score (nSPS) is 15.5. The molecule has 0 aliphatic carbocycles. The zero-order valence-electron chi connectivity index (χ0n) is 14.1. The van der Waals surface area contributed by atoms with Crippen molar-refractivity contribution < 1.29 is 27.2 Å². The highest BCUT2D eigenvalue weighted by Crippen LogP contribution is 2.41. The molecule has 0 saturated heterocycles. The van der Waals surface area contributed by atoms with Gasteiger partial charge in [-0.2, -0.15) is 13.2 Å². The van der Waals surface area contributed by atoms with E-state index in [-0.39, 0.29) is 10.5 Å². The number of rotatable bonds is 5. The van der Waals surface area contributed by atoms with Crippen molar-refractivity contribution in [1.29, 1.82) is 0 Å². The van der Waals surface area contributed by atoms with Crippen molar-refractivity contribution in [2.45, 2.75) is 30.5 Å². The molecule has 0 saturated carbocycles. The number of alkyl halides is 3. The maximum Gasteiger partial charge on any atom is 0.422 e. The monoisotopic (exact) mass is 372 g/mol. The third kappa shape index (κ3) is 4.04. The topological polar surface area (TPSA) is 46.5 Å². The van der Waals surface area contributed by atoms with Crippen molar-refractivity contribution in [3.8, 4) is 5.75 Å². The smallest absolute Gasteiger partial charge is 0.422 e. The molecule has 2 aromatic rings. The first-order chi connectivity index (χ1) is 11.6. The number of benzene rings is 2. The van der Waals surface area contributed by atoms with Gasteiger partial charge in [-0.1, -0.05) is 29.8 Å². The van der Waals surface area contributed by atoms with Crippen molar-refractivity contribution in [2.75, 3.05) is 12.9 Å². The Morgan fingerprint density at radius 3 is 2.16 bits per heavy atom. The molecular formula is C18H19F3O3S. The van der Waals surface area contributed by atoms with E-state index in [2.05, 4.69) is 0 Å². The van der Waals surface area contributed by atoms with Crippen molar-refractivity contribution in [3.05, 3.63) is 59.2 Å². The summed E-state index contributed by atoms with van der Waals surface area (Å²) in [5, 5.41) is 10.4. The van der Waals surface area contributed by atoms with Crippen LogP contribution in [0, 0.1) is 13.8 Å². The molecule has 25 heavy (non-hydrogen) atoms. The van der Waals surface area contributed by atoms with Gasteiger partial charge in [-0.15, -0.1) is 0 Å². The van der Waals surface area contributed by atoms with Gasteiger partial charge in [0.2, 0.25) is 0 Å². The van der Waals surface area contributed by atoms with Crippen LogP contribution in [0.25, 0.3) is 0 Å². The molecule has 0 spiro atoms. The molecule has 2 aromatic carbocycles. The first-order valence-corrected chi connectivity index (χ1v) is 8.79. The number of aryl methyl sites for hydroxylation is 2. The summed E-state index contributed by atoms with van der Waals surface area (Å²) >= 11 is 0. The number of hydrogen-bond donors (Lipinski definition) is 1. The van der Waals surface area contributed by atoms with Crippen LogP contribution in [-0.4, -0.2) is 28.4 Å². The number of ether oxygens (including phenoxy) is 1. The predicted octanol–water partition coefficient (Wildman–Crippen LogP) is 3.87. The van der Waals surface area contributed by atoms with Crippen LogP contribution < -0.4 is 4.74 Å². The summed E-state index contributed by atoms with van der Waals surface area (Å²) in [7, 11) is -0.639. The Morgan fingerprint density at radius 2 is 1.68 bits per heavy atom. The minimum Gasteiger partial charge on any atom is -0.497 e. The number of aliphatic hydroxyl groups is 1. The molecule has 2 rings (SSSR count). The van der Waals surface area contributed by atoms with E-state index in [1.54, 1.807) is 19.1 Å². The second kappa shape index (κ2) is 7.17. The molecule has 0 aliphatic heterocycles. The molecule has 3 nitrogen and oxygen atoms in total. The molecule has 0 amide bonds. The summed E-state index contributed by atoms with van der Waals surface area (Å²) in [6.07, 6.45) is -4.98. The Hall–Kier alpha value is -1.86. The van der Waals surface area contributed by atoms with Gasteiger partial charge >= 0.3 is 6.18 Å². The Morgan fingerprint density at radius 1 is 1.08 bits per heavy atom. The van der Waals surface area contributed by atoms with Gasteiger partial charge in [0, 0.05) is 4.90 Å². The molecule has 7 heteroatoms. The quantitative estimate of drug-likeness (QED) is 0.867. The Labute approximate surface area is 146 Å². The molecule has 1 N–H and O–H groups in total. The molecule has 0 aromatic heterocycles. The SMILES string of the molecule is COc1ccc(C(O)(CS(=O)c2ccc(C)cc2C)C(F)(F)F)cc1. The van der Waals surface area contributed by atoms with E-state index in [0.717, 1.165) is 17.7 Å². The van der Waals surface area contributed by atoms with E-state index in [0.29, 0.717) is 11.3 Å². The summed E-state index contributed by atoms with van der Waals surface area (Å²) in [6, 6.07) is 9.87.